The lowest BCUT2D eigenvalue weighted by Gasteiger charge is -2.25. The van der Waals surface area contributed by atoms with Crippen LogP contribution in [-0.2, 0) is 21.2 Å². The number of nitrogens with zero attached hydrogens (tertiary/aromatic N) is 4. The first-order valence-electron chi connectivity index (χ1n) is 8.50. The maximum atomic E-state index is 13.1. The van der Waals surface area contributed by atoms with Crippen LogP contribution in [0.25, 0.3) is 0 Å². The molecule has 1 aliphatic rings. The second-order valence-corrected chi connectivity index (χ2v) is 9.25. The summed E-state index contributed by atoms with van der Waals surface area (Å²) < 4.78 is 34.8. The van der Waals surface area contributed by atoms with E-state index in [0.717, 1.165) is 17.8 Å². The molecule has 0 bridgehead atoms. The molecule has 0 unspecified atom stereocenters. The molecule has 0 saturated carbocycles. The molecule has 0 N–H and O–H groups in total. The van der Waals surface area contributed by atoms with Crippen LogP contribution in [-0.4, -0.2) is 53.3 Å². The fraction of sp³-hybridized carbons (Fsp3) is 0.625. The predicted molar refractivity (Wildman–Crippen MR) is 96.2 cm³/mol. The first-order chi connectivity index (χ1) is 12.0. The third-order valence-electron chi connectivity index (χ3n) is 4.35. The van der Waals surface area contributed by atoms with Crippen molar-refractivity contribution in [3.8, 4) is 0 Å². The van der Waals surface area contributed by atoms with Crippen LogP contribution in [0, 0.1) is 0 Å². The Bertz CT molecular complexity index is 765. The topological polar surface area (TPSA) is 77.3 Å². The normalized spacial score (nSPS) is 16.8. The van der Waals surface area contributed by atoms with Gasteiger partial charge >= 0.3 is 0 Å². The fourth-order valence-electron chi connectivity index (χ4n) is 2.98. The summed E-state index contributed by atoms with van der Waals surface area (Å²) in [5.74, 6) is 0. The van der Waals surface area contributed by atoms with Gasteiger partial charge in [-0.05, 0) is 26.7 Å². The van der Waals surface area contributed by atoms with Gasteiger partial charge in [0.1, 0.15) is 4.90 Å². The maximum absolute atomic E-state index is 13.1. The first-order valence-corrected chi connectivity index (χ1v) is 10.8. The van der Waals surface area contributed by atoms with Gasteiger partial charge in [-0.1, -0.05) is 0 Å². The van der Waals surface area contributed by atoms with Gasteiger partial charge in [-0.3, -0.25) is 4.68 Å². The third kappa shape index (κ3) is 4.28. The van der Waals surface area contributed by atoms with Crippen LogP contribution in [0.3, 0.4) is 0 Å². The summed E-state index contributed by atoms with van der Waals surface area (Å²) in [7, 11) is -3.58. The Morgan fingerprint density at radius 1 is 1.40 bits per heavy atom. The molecule has 9 heteroatoms. The van der Waals surface area contributed by atoms with Crippen molar-refractivity contribution in [2.75, 3.05) is 19.8 Å². The number of ether oxygens (including phenoxy) is 1. The number of hydrogen-bond donors (Lipinski definition) is 0. The summed E-state index contributed by atoms with van der Waals surface area (Å²) in [6.45, 7) is 5.58. The molecule has 0 atom stereocenters. The zero-order chi connectivity index (χ0) is 17.9. The van der Waals surface area contributed by atoms with Crippen LogP contribution in [0.15, 0.2) is 28.9 Å². The molecule has 1 aliphatic heterocycles. The van der Waals surface area contributed by atoms with Crippen LogP contribution < -0.4 is 0 Å². The smallest absolute Gasteiger partial charge is 0.246 e. The molecule has 25 heavy (non-hydrogen) atoms. The molecule has 3 rings (SSSR count). The highest BCUT2D eigenvalue weighted by atomic mass is 32.2. The second-order valence-electron chi connectivity index (χ2n) is 6.38. The lowest BCUT2D eigenvalue weighted by Crippen LogP contribution is -2.38. The average molecular weight is 385 g/mol. The van der Waals surface area contributed by atoms with E-state index in [4.69, 9.17) is 4.74 Å². The van der Waals surface area contributed by atoms with Crippen molar-refractivity contribution in [2.45, 2.75) is 50.1 Å². The minimum Gasteiger partial charge on any atom is -0.381 e. The molecule has 0 radical (unpaired) electrons. The van der Waals surface area contributed by atoms with E-state index in [-0.39, 0.29) is 17.0 Å². The van der Waals surface area contributed by atoms with Crippen molar-refractivity contribution in [1.29, 1.82) is 0 Å². The van der Waals surface area contributed by atoms with Gasteiger partial charge in [-0.25, -0.2) is 13.4 Å². The third-order valence-corrected chi connectivity index (χ3v) is 7.22. The minimum absolute atomic E-state index is 0.128. The van der Waals surface area contributed by atoms with Crippen molar-refractivity contribution in [3.05, 3.63) is 29.0 Å². The highest BCUT2D eigenvalue weighted by Gasteiger charge is 2.29. The molecule has 0 aromatic carbocycles. The van der Waals surface area contributed by atoms with E-state index >= 15 is 0 Å². The SMILES string of the molecule is CC(C)N(CCc1nccs1)S(=O)(=O)c1cnn(C2CCOCC2)c1. The highest BCUT2D eigenvalue weighted by Crippen LogP contribution is 2.24. The van der Waals surface area contributed by atoms with Crippen molar-refractivity contribution >= 4 is 21.4 Å². The van der Waals surface area contributed by atoms with Crippen LogP contribution in [0.1, 0.15) is 37.7 Å². The number of hydrogen-bond acceptors (Lipinski definition) is 6. The molecule has 0 aliphatic carbocycles. The van der Waals surface area contributed by atoms with Crippen molar-refractivity contribution < 1.29 is 13.2 Å². The molecule has 1 saturated heterocycles. The Morgan fingerprint density at radius 3 is 2.80 bits per heavy atom. The quantitative estimate of drug-likeness (QED) is 0.732. The van der Waals surface area contributed by atoms with Crippen molar-refractivity contribution in [3.63, 3.8) is 0 Å². The van der Waals surface area contributed by atoms with Gasteiger partial charge in [-0.15, -0.1) is 11.3 Å². The molecule has 7 nitrogen and oxygen atoms in total. The van der Waals surface area contributed by atoms with Gasteiger partial charge in [0, 0.05) is 50.0 Å². The largest absolute Gasteiger partial charge is 0.381 e. The van der Waals surface area contributed by atoms with E-state index in [1.165, 1.54) is 10.5 Å². The Kier molecular flexibility index (Phi) is 5.88. The lowest BCUT2D eigenvalue weighted by atomic mass is 10.1. The predicted octanol–water partition coefficient (Wildman–Crippen LogP) is 2.33. The summed E-state index contributed by atoms with van der Waals surface area (Å²) >= 11 is 1.55. The van der Waals surface area contributed by atoms with Gasteiger partial charge in [-0.2, -0.15) is 9.40 Å². The summed E-state index contributed by atoms with van der Waals surface area (Å²) in [5.41, 5.74) is 0. The molecule has 0 amide bonds. The highest BCUT2D eigenvalue weighted by molar-refractivity contribution is 7.89. The van der Waals surface area contributed by atoms with Crippen LogP contribution >= 0.6 is 11.3 Å². The minimum atomic E-state index is -3.58. The lowest BCUT2D eigenvalue weighted by molar-refractivity contribution is 0.0662. The van der Waals surface area contributed by atoms with E-state index in [1.807, 2.05) is 19.2 Å². The summed E-state index contributed by atoms with van der Waals surface area (Å²) in [4.78, 5) is 4.49. The van der Waals surface area contributed by atoms with Crippen molar-refractivity contribution in [1.82, 2.24) is 19.1 Å². The molecule has 0 spiro atoms. The van der Waals surface area contributed by atoms with E-state index < -0.39 is 10.0 Å². The van der Waals surface area contributed by atoms with Crippen molar-refractivity contribution in [2.24, 2.45) is 0 Å². The zero-order valence-electron chi connectivity index (χ0n) is 14.5. The standard InChI is InChI=1S/C16H24N4O3S2/c1-13(2)20(7-3-16-17-6-10-24-16)25(21,22)15-11-18-19(12-15)14-4-8-23-9-5-14/h6,10-14H,3-5,7-9H2,1-2H3. The monoisotopic (exact) mass is 384 g/mol. The van der Waals surface area contributed by atoms with Gasteiger partial charge in [0.05, 0.1) is 17.2 Å². The molecular formula is C16H24N4O3S2. The van der Waals surface area contributed by atoms with Crippen LogP contribution in [0.2, 0.25) is 0 Å². The number of sulfonamides is 1. The Balaban J connectivity index is 1.76. The van der Waals surface area contributed by atoms with Crippen LogP contribution in [0.4, 0.5) is 0 Å². The molecular weight excluding hydrogens is 360 g/mol. The van der Waals surface area contributed by atoms with Gasteiger partial charge in [0.25, 0.3) is 0 Å². The zero-order valence-corrected chi connectivity index (χ0v) is 16.2. The Morgan fingerprint density at radius 2 is 2.16 bits per heavy atom. The van der Waals surface area contributed by atoms with Crippen LogP contribution in [0.5, 0.6) is 0 Å². The summed E-state index contributed by atoms with van der Waals surface area (Å²) in [6, 6.07) is 0.0805. The van der Waals surface area contributed by atoms with Gasteiger partial charge in [0.2, 0.25) is 10.0 Å². The first kappa shape index (κ1) is 18.5. The summed E-state index contributed by atoms with van der Waals surface area (Å²) in [6.07, 6.45) is 7.20. The molecule has 2 aromatic rings. The fourth-order valence-corrected chi connectivity index (χ4v) is 5.17. The van der Waals surface area contributed by atoms with E-state index in [1.54, 1.807) is 28.4 Å². The average Bonchev–Trinajstić information content (AvgIpc) is 3.27. The molecule has 3 heterocycles. The van der Waals surface area contributed by atoms with E-state index in [9.17, 15) is 8.42 Å². The molecule has 2 aromatic heterocycles. The van der Waals surface area contributed by atoms with E-state index in [2.05, 4.69) is 10.1 Å². The number of aromatic nitrogens is 3. The molecule has 138 valence electrons. The maximum Gasteiger partial charge on any atom is 0.246 e. The second kappa shape index (κ2) is 7.94. The molecule has 1 fully saturated rings. The number of thiazole rings is 1. The Labute approximate surface area is 152 Å². The van der Waals surface area contributed by atoms with Gasteiger partial charge in [0.15, 0.2) is 0 Å². The van der Waals surface area contributed by atoms with E-state index in [0.29, 0.717) is 26.2 Å². The Hall–Kier alpha value is -1.29. The summed E-state index contributed by atoms with van der Waals surface area (Å²) in [5, 5.41) is 7.15. The number of rotatable bonds is 7. The van der Waals surface area contributed by atoms with Gasteiger partial charge < -0.3 is 4.74 Å².